The molecule has 0 saturated carbocycles. The number of hydrogen-bond donors (Lipinski definition) is 1. The Balaban J connectivity index is 1.52. The van der Waals surface area contributed by atoms with Crippen LogP contribution in [0.2, 0.25) is 5.02 Å². The molecule has 27 heavy (non-hydrogen) atoms. The molecule has 0 saturated heterocycles. The fraction of sp³-hybridized carbons (Fsp3) is 0.118. The van der Waals surface area contributed by atoms with Crippen LogP contribution in [0.4, 0.5) is 0 Å². The first kappa shape index (κ1) is 17.5. The van der Waals surface area contributed by atoms with E-state index in [0.717, 1.165) is 11.3 Å². The van der Waals surface area contributed by atoms with Crippen LogP contribution in [0.1, 0.15) is 5.82 Å². The molecule has 0 spiro atoms. The molecule has 0 aliphatic heterocycles. The molecular formula is C17H14ClN7OS. The number of thioether (sulfide) groups is 1. The van der Waals surface area contributed by atoms with E-state index in [-0.39, 0.29) is 0 Å². The van der Waals surface area contributed by atoms with Gasteiger partial charge in [0, 0.05) is 5.02 Å². The maximum atomic E-state index is 6.09. The number of halogens is 1. The molecule has 136 valence electrons. The summed E-state index contributed by atoms with van der Waals surface area (Å²) in [7, 11) is 1.60. The van der Waals surface area contributed by atoms with E-state index in [4.69, 9.17) is 16.3 Å². The molecule has 8 nitrogen and oxygen atoms in total. The van der Waals surface area contributed by atoms with Crippen LogP contribution in [0.25, 0.3) is 17.1 Å². The number of para-hydroxylation sites is 1. The third-order valence-corrected chi connectivity index (χ3v) is 4.83. The number of aromatic nitrogens is 7. The topological polar surface area (TPSA) is 94.4 Å². The molecule has 2 heterocycles. The molecule has 0 amide bonds. The SMILES string of the molecule is COc1ccc(Cl)cc1-c1nc(SCc2nnnn2-c2ccccc2)n[nH]1. The normalized spacial score (nSPS) is 10.9. The molecule has 0 aliphatic rings. The molecule has 0 atom stereocenters. The summed E-state index contributed by atoms with van der Waals surface area (Å²) in [5.74, 6) is 2.48. The van der Waals surface area contributed by atoms with E-state index in [2.05, 4.69) is 30.7 Å². The van der Waals surface area contributed by atoms with Gasteiger partial charge >= 0.3 is 0 Å². The van der Waals surface area contributed by atoms with E-state index in [9.17, 15) is 0 Å². The Bertz CT molecular complexity index is 1050. The van der Waals surface area contributed by atoms with E-state index in [0.29, 0.717) is 33.3 Å². The van der Waals surface area contributed by atoms with Gasteiger partial charge in [0.1, 0.15) is 5.75 Å². The molecule has 1 N–H and O–H groups in total. The van der Waals surface area contributed by atoms with Crippen LogP contribution in [0.5, 0.6) is 5.75 Å². The maximum absolute atomic E-state index is 6.09. The highest BCUT2D eigenvalue weighted by atomic mass is 35.5. The third-order valence-electron chi connectivity index (χ3n) is 3.75. The van der Waals surface area contributed by atoms with E-state index < -0.39 is 0 Å². The Kier molecular flexibility index (Phi) is 5.03. The lowest BCUT2D eigenvalue weighted by Crippen LogP contribution is -2.01. The van der Waals surface area contributed by atoms with Crippen LogP contribution in [-0.2, 0) is 5.75 Å². The lowest BCUT2D eigenvalue weighted by molar-refractivity contribution is 0.416. The molecule has 4 rings (SSSR count). The lowest BCUT2D eigenvalue weighted by atomic mass is 10.2. The lowest BCUT2D eigenvalue weighted by Gasteiger charge is -2.05. The fourth-order valence-electron chi connectivity index (χ4n) is 2.49. The van der Waals surface area contributed by atoms with Crippen LogP contribution in [0, 0.1) is 0 Å². The van der Waals surface area contributed by atoms with E-state index in [1.807, 2.05) is 30.3 Å². The van der Waals surface area contributed by atoms with Gasteiger partial charge < -0.3 is 4.74 Å². The molecule has 2 aromatic carbocycles. The van der Waals surface area contributed by atoms with Crippen LogP contribution < -0.4 is 4.74 Å². The van der Waals surface area contributed by atoms with E-state index in [1.165, 1.54) is 11.8 Å². The smallest absolute Gasteiger partial charge is 0.209 e. The van der Waals surface area contributed by atoms with Crippen molar-refractivity contribution in [3.63, 3.8) is 0 Å². The van der Waals surface area contributed by atoms with Crippen molar-refractivity contribution in [1.29, 1.82) is 0 Å². The largest absolute Gasteiger partial charge is 0.496 e. The summed E-state index contributed by atoms with van der Waals surface area (Å²) >= 11 is 7.52. The van der Waals surface area contributed by atoms with Crippen molar-refractivity contribution in [1.82, 2.24) is 35.4 Å². The van der Waals surface area contributed by atoms with Gasteiger partial charge in [-0.1, -0.05) is 41.6 Å². The Labute approximate surface area is 163 Å². The molecule has 0 bridgehead atoms. The van der Waals surface area contributed by atoms with Gasteiger partial charge in [-0.05, 0) is 40.8 Å². The van der Waals surface area contributed by atoms with Gasteiger partial charge in [-0.3, -0.25) is 5.10 Å². The van der Waals surface area contributed by atoms with Crippen molar-refractivity contribution >= 4 is 23.4 Å². The zero-order chi connectivity index (χ0) is 18.6. The predicted molar refractivity (Wildman–Crippen MR) is 102 cm³/mol. The minimum atomic E-state index is 0.520. The first-order chi connectivity index (χ1) is 13.2. The van der Waals surface area contributed by atoms with Gasteiger partial charge in [0.15, 0.2) is 11.6 Å². The number of H-pyrrole nitrogens is 1. The molecular weight excluding hydrogens is 386 g/mol. The number of benzene rings is 2. The molecule has 0 unspecified atom stereocenters. The Morgan fingerprint density at radius 3 is 2.85 bits per heavy atom. The van der Waals surface area contributed by atoms with Gasteiger partial charge in [-0.25, -0.2) is 4.98 Å². The first-order valence-corrected chi connectivity index (χ1v) is 9.33. The van der Waals surface area contributed by atoms with Crippen LogP contribution in [0.3, 0.4) is 0 Å². The zero-order valence-electron chi connectivity index (χ0n) is 14.2. The van der Waals surface area contributed by atoms with Crippen molar-refractivity contribution in [2.24, 2.45) is 0 Å². The second-order valence-corrected chi connectivity index (χ2v) is 6.82. The Hall–Kier alpha value is -2.91. The number of aromatic amines is 1. The van der Waals surface area contributed by atoms with Crippen molar-refractivity contribution in [3.05, 3.63) is 59.4 Å². The second kappa shape index (κ2) is 7.77. The molecule has 2 aromatic heterocycles. The highest BCUT2D eigenvalue weighted by Gasteiger charge is 2.14. The van der Waals surface area contributed by atoms with Crippen LogP contribution >= 0.6 is 23.4 Å². The highest BCUT2D eigenvalue weighted by Crippen LogP contribution is 2.31. The summed E-state index contributed by atoms with van der Waals surface area (Å²) in [6, 6.07) is 15.1. The maximum Gasteiger partial charge on any atom is 0.209 e. The van der Waals surface area contributed by atoms with Gasteiger partial charge in [-0.2, -0.15) is 4.68 Å². The van der Waals surface area contributed by atoms with Crippen molar-refractivity contribution < 1.29 is 4.74 Å². The number of nitrogens with zero attached hydrogens (tertiary/aromatic N) is 6. The van der Waals surface area contributed by atoms with E-state index in [1.54, 1.807) is 30.0 Å². The first-order valence-electron chi connectivity index (χ1n) is 7.96. The number of hydrogen-bond acceptors (Lipinski definition) is 7. The Morgan fingerprint density at radius 2 is 2.04 bits per heavy atom. The van der Waals surface area contributed by atoms with E-state index >= 15 is 0 Å². The fourth-order valence-corrected chi connectivity index (χ4v) is 3.37. The van der Waals surface area contributed by atoms with Crippen molar-refractivity contribution in [2.45, 2.75) is 10.9 Å². The summed E-state index contributed by atoms with van der Waals surface area (Å²) in [6.07, 6.45) is 0. The quantitative estimate of drug-likeness (QED) is 0.496. The number of ether oxygens (including phenoxy) is 1. The standard InChI is InChI=1S/C17H14ClN7OS/c1-26-14-8-7-11(18)9-13(14)16-19-17(22-21-16)27-10-15-20-23-24-25(15)12-5-3-2-4-6-12/h2-9H,10H2,1H3,(H,19,21,22). The summed E-state index contributed by atoms with van der Waals surface area (Å²) in [4.78, 5) is 4.51. The molecule has 0 aliphatic carbocycles. The number of methoxy groups -OCH3 is 1. The van der Waals surface area contributed by atoms with Gasteiger partial charge in [0.05, 0.1) is 24.1 Å². The predicted octanol–water partition coefficient (Wildman–Crippen LogP) is 3.40. The number of rotatable bonds is 6. The Morgan fingerprint density at radius 1 is 1.19 bits per heavy atom. The average Bonchev–Trinajstić information content (AvgIpc) is 3.36. The molecule has 4 aromatic rings. The molecule has 10 heteroatoms. The van der Waals surface area contributed by atoms with Gasteiger partial charge in [0.25, 0.3) is 0 Å². The highest BCUT2D eigenvalue weighted by molar-refractivity contribution is 7.98. The zero-order valence-corrected chi connectivity index (χ0v) is 15.8. The summed E-state index contributed by atoms with van der Waals surface area (Å²) in [5, 5.41) is 20.2. The van der Waals surface area contributed by atoms with Gasteiger partial charge in [0.2, 0.25) is 5.16 Å². The van der Waals surface area contributed by atoms with Crippen molar-refractivity contribution in [2.75, 3.05) is 7.11 Å². The second-order valence-electron chi connectivity index (χ2n) is 5.44. The minimum absolute atomic E-state index is 0.520. The van der Waals surface area contributed by atoms with Gasteiger partial charge in [-0.15, -0.1) is 10.2 Å². The minimum Gasteiger partial charge on any atom is -0.496 e. The average molecular weight is 400 g/mol. The molecule has 0 radical (unpaired) electrons. The third kappa shape index (κ3) is 3.79. The van der Waals surface area contributed by atoms with Crippen LogP contribution in [0.15, 0.2) is 53.7 Å². The number of tetrazole rings is 1. The monoisotopic (exact) mass is 399 g/mol. The van der Waals surface area contributed by atoms with Crippen LogP contribution in [-0.4, -0.2) is 42.5 Å². The summed E-state index contributed by atoms with van der Waals surface area (Å²) in [6.45, 7) is 0. The molecule has 0 fully saturated rings. The summed E-state index contributed by atoms with van der Waals surface area (Å²) in [5.41, 5.74) is 1.65. The van der Waals surface area contributed by atoms with Crippen molar-refractivity contribution in [3.8, 4) is 22.8 Å². The number of nitrogens with one attached hydrogen (secondary N) is 1. The summed E-state index contributed by atoms with van der Waals surface area (Å²) < 4.78 is 7.06.